The number of anilines is 1. The van der Waals surface area contributed by atoms with Gasteiger partial charge in [-0.3, -0.25) is 4.79 Å². The predicted molar refractivity (Wildman–Crippen MR) is 86.5 cm³/mol. The van der Waals surface area contributed by atoms with E-state index in [-0.39, 0.29) is 5.91 Å². The molecule has 1 aromatic heterocycles. The topological polar surface area (TPSA) is 44.9 Å². The molecular weight excluding hydrogens is 260 g/mol. The lowest BCUT2D eigenvalue weighted by Crippen LogP contribution is -2.16. The second-order valence-corrected chi connectivity index (χ2v) is 5.39. The summed E-state index contributed by atoms with van der Waals surface area (Å²) in [7, 11) is 0. The molecule has 0 spiro atoms. The Labute approximate surface area is 124 Å². The van der Waals surface area contributed by atoms with Crippen LogP contribution in [-0.4, -0.2) is 10.9 Å². The highest BCUT2D eigenvalue weighted by atomic mass is 16.1. The van der Waals surface area contributed by atoms with Crippen molar-refractivity contribution in [3.63, 3.8) is 0 Å². The normalized spacial score (nSPS) is 10.8. The van der Waals surface area contributed by atoms with Crippen molar-refractivity contribution in [1.82, 2.24) is 4.98 Å². The van der Waals surface area contributed by atoms with E-state index in [2.05, 4.69) is 16.4 Å². The zero-order valence-electron chi connectivity index (χ0n) is 12.2. The Kier molecular flexibility index (Phi) is 3.48. The second kappa shape index (κ2) is 5.44. The minimum atomic E-state index is 0.0160. The molecule has 1 amide bonds. The molecule has 0 bridgehead atoms. The zero-order chi connectivity index (χ0) is 14.8. The van der Waals surface area contributed by atoms with Gasteiger partial charge >= 0.3 is 0 Å². The summed E-state index contributed by atoms with van der Waals surface area (Å²) in [6, 6.07) is 14.1. The molecule has 0 unspecified atom stereocenters. The minimum Gasteiger partial charge on any atom is -0.361 e. The van der Waals surface area contributed by atoms with Crippen LogP contribution >= 0.6 is 0 Å². The molecular formula is C18H18N2O. The van der Waals surface area contributed by atoms with Crippen LogP contribution in [0.15, 0.2) is 48.7 Å². The first-order chi connectivity index (χ1) is 10.1. The van der Waals surface area contributed by atoms with E-state index in [1.165, 1.54) is 0 Å². The maximum atomic E-state index is 12.2. The third-order valence-corrected chi connectivity index (χ3v) is 3.73. The van der Waals surface area contributed by atoms with Crippen molar-refractivity contribution in [1.29, 1.82) is 0 Å². The predicted octanol–water partition coefficient (Wildman–Crippen LogP) is 3.97. The molecule has 0 aliphatic rings. The first-order valence-corrected chi connectivity index (χ1v) is 7.05. The lowest BCUT2D eigenvalue weighted by molar-refractivity contribution is -0.115. The van der Waals surface area contributed by atoms with Crippen molar-refractivity contribution in [2.75, 3.05) is 5.32 Å². The number of nitrogens with one attached hydrogen (secondary N) is 2. The molecule has 0 aliphatic carbocycles. The molecule has 3 heteroatoms. The van der Waals surface area contributed by atoms with Crippen LogP contribution < -0.4 is 5.32 Å². The van der Waals surface area contributed by atoms with Gasteiger partial charge in [-0.05, 0) is 54.1 Å². The molecule has 0 saturated carbocycles. The van der Waals surface area contributed by atoms with Crippen LogP contribution in [0, 0.1) is 13.8 Å². The number of fused-ring (bicyclic) bond motifs is 1. The highest BCUT2D eigenvalue weighted by molar-refractivity contribution is 5.94. The molecule has 3 aromatic rings. The van der Waals surface area contributed by atoms with Crippen LogP contribution in [0.5, 0.6) is 0 Å². The molecule has 2 aromatic carbocycles. The SMILES string of the molecule is Cc1cccc(C)c1NC(=O)Cc1ccc2[nH]ccc2c1. The molecule has 3 rings (SSSR count). The quantitative estimate of drug-likeness (QED) is 0.748. The number of aromatic amines is 1. The van der Waals surface area contributed by atoms with Crippen LogP contribution in [0.1, 0.15) is 16.7 Å². The summed E-state index contributed by atoms with van der Waals surface area (Å²) in [5.41, 5.74) is 5.21. The maximum Gasteiger partial charge on any atom is 0.228 e. The number of para-hydroxylation sites is 1. The minimum absolute atomic E-state index is 0.0160. The molecule has 0 atom stereocenters. The number of benzene rings is 2. The van der Waals surface area contributed by atoms with Crippen molar-refractivity contribution in [2.45, 2.75) is 20.3 Å². The van der Waals surface area contributed by atoms with Gasteiger partial charge in [0.25, 0.3) is 0 Å². The molecule has 1 heterocycles. The van der Waals surface area contributed by atoms with Gasteiger partial charge in [0.15, 0.2) is 0 Å². The lowest BCUT2D eigenvalue weighted by atomic mass is 10.1. The van der Waals surface area contributed by atoms with Crippen LogP contribution in [0.2, 0.25) is 0 Å². The van der Waals surface area contributed by atoms with Crippen LogP contribution in [0.3, 0.4) is 0 Å². The highest BCUT2D eigenvalue weighted by Gasteiger charge is 2.08. The van der Waals surface area contributed by atoms with E-state index in [4.69, 9.17) is 0 Å². The van der Waals surface area contributed by atoms with E-state index < -0.39 is 0 Å². The Morgan fingerprint density at radius 2 is 1.86 bits per heavy atom. The smallest absolute Gasteiger partial charge is 0.228 e. The summed E-state index contributed by atoms with van der Waals surface area (Å²) in [4.78, 5) is 15.4. The fourth-order valence-electron chi connectivity index (χ4n) is 2.59. The van der Waals surface area contributed by atoms with Crippen molar-refractivity contribution in [3.05, 3.63) is 65.4 Å². The maximum absolute atomic E-state index is 12.2. The van der Waals surface area contributed by atoms with E-state index in [0.29, 0.717) is 6.42 Å². The molecule has 21 heavy (non-hydrogen) atoms. The molecule has 2 N–H and O–H groups in total. The number of carbonyl (C=O) groups excluding carboxylic acids is 1. The second-order valence-electron chi connectivity index (χ2n) is 5.39. The standard InChI is InChI=1S/C18H18N2O/c1-12-4-3-5-13(2)18(12)20-17(21)11-14-6-7-16-15(10-14)8-9-19-16/h3-10,19H,11H2,1-2H3,(H,20,21). The van der Waals surface area contributed by atoms with Gasteiger partial charge in [-0.15, -0.1) is 0 Å². The summed E-state index contributed by atoms with van der Waals surface area (Å²) >= 11 is 0. The molecule has 0 radical (unpaired) electrons. The van der Waals surface area contributed by atoms with Gasteiger partial charge in [-0.25, -0.2) is 0 Å². The number of amides is 1. The number of hydrogen-bond acceptors (Lipinski definition) is 1. The van der Waals surface area contributed by atoms with E-state index in [1.54, 1.807) is 0 Å². The molecule has 0 saturated heterocycles. The average molecular weight is 278 g/mol. The lowest BCUT2D eigenvalue weighted by Gasteiger charge is -2.11. The monoisotopic (exact) mass is 278 g/mol. The fourth-order valence-corrected chi connectivity index (χ4v) is 2.59. The Morgan fingerprint density at radius 1 is 1.10 bits per heavy atom. The van der Waals surface area contributed by atoms with Gasteiger partial charge < -0.3 is 10.3 Å². The average Bonchev–Trinajstić information content (AvgIpc) is 2.90. The van der Waals surface area contributed by atoms with Gasteiger partial charge in [0.05, 0.1) is 6.42 Å². The third-order valence-electron chi connectivity index (χ3n) is 3.73. The van der Waals surface area contributed by atoms with Crippen molar-refractivity contribution >= 4 is 22.5 Å². The van der Waals surface area contributed by atoms with Crippen molar-refractivity contribution in [3.8, 4) is 0 Å². The van der Waals surface area contributed by atoms with Crippen LogP contribution in [-0.2, 0) is 11.2 Å². The van der Waals surface area contributed by atoms with Crippen molar-refractivity contribution in [2.24, 2.45) is 0 Å². The number of aromatic nitrogens is 1. The first kappa shape index (κ1) is 13.4. The van der Waals surface area contributed by atoms with E-state index in [0.717, 1.165) is 33.3 Å². The summed E-state index contributed by atoms with van der Waals surface area (Å²) in [5.74, 6) is 0.0160. The number of rotatable bonds is 3. The number of hydrogen-bond donors (Lipinski definition) is 2. The molecule has 106 valence electrons. The Balaban J connectivity index is 1.77. The van der Waals surface area contributed by atoms with E-state index in [1.807, 2.05) is 56.4 Å². The summed E-state index contributed by atoms with van der Waals surface area (Å²) in [5, 5.41) is 4.15. The van der Waals surface area contributed by atoms with Gasteiger partial charge in [0, 0.05) is 17.4 Å². The van der Waals surface area contributed by atoms with E-state index >= 15 is 0 Å². The van der Waals surface area contributed by atoms with Crippen LogP contribution in [0.25, 0.3) is 10.9 Å². The number of H-pyrrole nitrogens is 1. The fraction of sp³-hybridized carbons (Fsp3) is 0.167. The Bertz CT molecular complexity index is 782. The number of aryl methyl sites for hydroxylation is 2. The summed E-state index contributed by atoms with van der Waals surface area (Å²) in [6.07, 6.45) is 2.29. The van der Waals surface area contributed by atoms with Gasteiger partial charge in [-0.1, -0.05) is 24.3 Å². The van der Waals surface area contributed by atoms with E-state index in [9.17, 15) is 4.79 Å². The Hall–Kier alpha value is -2.55. The first-order valence-electron chi connectivity index (χ1n) is 7.05. The highest BCUT2D eigenvalue weighted by Crippen LogP contribution is 2.20. The van der Waals surface area contributed by atoms with Crippen molar-refractivity contribution < 1.29 is 4.79 Å². The summed E-state index contributed by atoms with van der Waals surface area (Å²) in [6.45, 7) is 4.02. The molecule has 3 nitrogen and oxygen atoms in total. The largest absolute Gasteiger partial charge is 0.361 e. The zero-order valence-corrected chi connectivity index (χ0v) is 12.2. The Morgan fingerprint density at radius 3 is 2.62 bits per heavy atom. The van der Waals surface area contributed by atoms with Gasteiger partial charge in [0.2, 0.25) is 5.91 Å². The number of carbonyl (C=O) groups is 1. The molecule has 0 aliphatic heterocycles. The molecule has 0 fully saturated rings. The van der Waals surface area contributed by atoms with Crippen LogP contribution in [0.4, 0.5) is 5.69 Å². The van der Waals surface area contributed by atoms with Gasteiger partial charge in [0.1, 0.15) is 0 Å². The van der Waals surface area contributed by atoms with Gasteiger partial charge in [-0.2, -0.15) is 0 Å². The summed E-state index contributed by atoms with van der Waals surface area (Å²) < 4.78 is 0. The third kappa shape index (κ3) is 2.82.